The molecule has 0 aliphatic carbocycles. The van der Waals surface area contributed by atoms with Crippen LogP contribution in [0.4, 0.5) is 0 Å². The van der Waals surface area contributed by atoms with Crippen LogP contribution in [0.3, 0.4) is 0 Å². The molecule has 0 aliphatic heterocycles. The van der Waals surface area contributed by atoms with Crippen LogP contribution in [-0.4, -0.2) is 11.8 Å². The Morgan fingerprint density at radius 1 is 0.882 bits per heavy atom. The molecule has 0 bridgehead atoms. The number of carbonyl (C=O) groups excluding carboxylic acids is 2. The fraction of sp³-hybridized carbons (Fsp3) is 0.385. The van der Waals surface area contributed by atoms with Gasteiger partial charge in [0.2, 0.25) is 11.8 Å². The summed E-state index contributed by atoms with van der Waals surface area (Å²) in [5.74, 6) is -0.712. The molecule has 1 rings (SSSR count). The molecule has 2 amide bonds. The average Bonchev–Trinajstić information content (AvgIpc) is 2.34. The molecule has 0 fully saturated rings. The highest BCUT2D eigenvalue weighted by Gasteiger charge is 1.93. The van der Waals surface area contributed by atoms with Crippen molar-refractivity contribution in [2.45, 2.75) is 34.6 Å². The summed E-state index contributed by atoms with van der Waals surface area (Å²) in [5, 5.41) is 0. The monoisotopic (exact) mass is 240 g/mol. The van der Waals surface area contributed by atoms with Crippen molar-refractivity contribution < 1.29 is 9.59 Å². The van der Waals surface area contributed by atoms with E-state index < -0.39 is 0 Å². The standard InChI is InChI=1S/C7H7NO.C2H5NO.2C2H6/c8-7(9)6-4-2-1-3-5-6;1-2(3)4;2*1-2/h1-5H,(H2,8,9);1H3,(H2,3,4);2*1-2H3. The van der Waals surface area contributed by atoms with Crippen LogP contribution >= 0.6 is 0 Å². The molecule has 0 spiro atoms. The minimum absolute atomic E-state index is 0.333. The largest absolute Gasteiger partial charge is 0.370 e. The topological polar surface area (TPSA) is 86.2 Å². The first-order valence-electron chi connectivity index (χ1n) is 5.65. The van der Waals surface area contributed by atoms with E-state index in [0.717, 1.165) is 0 Å². The van der Waals surface area contributed by atoms with Crippen LogP contribution in [0.5, 0.6) is 0 Å². The Bertz CT molecular complexity index is 281. The van der Waals surface area contributed by atoms with Gasteiger partial charge in [0.25, 0.3) is 0 Å². The van der Waals surface area contributed by atoms with Gasteiger partial charge in [0.05, 0.1) is 0 Å². The molecule has 0 radical (unpaired) electrons. The summed E-state index contributed by atoms with van der Waals surface area (Å²) in [6.45, 7) is 9.31. The van der Waals surface area contributed by atoms with Crippen LogP contribution in [0.2, 0.25) is 0 Å². The van der Waals surface area contributed by atoms with Crippen LogP contribution < -0.4 is 11.5 Å². The molecule has 0 aliphatic rings. The normalized spacial score (nSPS) is 6.88. The lowest BCUT2D eigenvalue weighted by molar-refractivity contribution is -0.115. The Morgan fingerprint density at radius 2 is 1.18 bits per heavy atom. The van der Waals surface area contributed by atoms with Gasteiger partial charge in [0.15, 0.2) is 0 Å². The Kier molecular flexibility index (Phi) is 20.1. The lowest BCUT2D eigenvalue weighted by atomic mass is 10.2. The number of amides is 2. The van der Waals surface area contributed by atoms with Crippen molar-refractivity contribution in [1.29, 1.82) is 0 Å². The Balaban J connectivity index is -0.000000208. The van der Waals surface area contributed by atoms with Gasteiger partial charge in [-0.3, -0.25) is 9.59 Å². The van der Waals surface area contributed by atoms with E-state index in [4.69, 9.17) is 5.73 Å². The SMILES string of the molecule is CC.CC.CC(N)=O.NC(=O)c1ccccc1. The number of benzene rings is 1. The molecule has 4 N–H and O–H groups in total. The number of carbonyl (C=O) groups is 2. The van der Waals surface area contributed by atoms with Gasteiger partial charge in [-0.1, -0.05) is 45.9 Å². The van der Waals surface area contributed by atoms with Gasteiger partial charge in [0.1, 0.15) is 0 Å². The molecule has 4 heteroatoms. The quantitative estimate of drug-likeness (QED) is 0.789. The molecule has 0 saturated carbocycles. The summed E-state index contributed by atoms with van der Waals surface area (Å²) < 4.78 is 0. The maximum absolute atomic E-state index is 10.4. The molecule has 0 heterocycles. The first kappa shape index (κ1) is 20.6. The zero-order chi connectivity index (χ0) is 14.3. The highest BCUT2D eigenvalue weighted by molar-refractivity contribution is 5.92. The van der Waals surface area contributed by atoms with E-state index in [1.165, 1.54) is 6.92 Å². The van der Waals surface area contributed by atoms with Crippen molar-refractivity contribution >= 4 is 11.8 Å². The van der Waals surface area contributed by atoms with Crippen LogP contribution in [0, 0.1) is 0 Å². The van der Waals surface area contributed by atoms with E-state index in [0.29, 0.717) is 5.56 Å². The predicted molar refractivity (Wildman–Crippen MR) is 72.5 cm³/mol. The van der Waals surface area contributed by atoms with E-state index in [1.807, 2.05) is 33.8 Å². The first-order chi connectivity index (χ1) is 8.04. The Labute approximate surface area is 104 Å². The lowest BCUT2D eigenvalue weighted by Gasteiger charge is -1.89. The number of hydrogen-bond donors (Lipinski definition) is 2. The van der Waals surface area contributed by atoms with Crippen molar-refractivity contribution in [2.24, 2.45) is 11.5 Å². The van der Waals surface area contributed by atoms with Crippen LogP contribution in [0.25, 0.3) is 0 Å². The van der Waals surface area contributed by atoms with Gasteiger partial charge in [0, 0.05) is 12.5 Å². The molecule has 0 saturated heterocycles. The lowest BCUT2D eigenvalue weighted by Crippen LogP contribution is -2.09. The molecule has 0 unspecified atom stereocenters. The molecule has 4 nitrogen and oxygen atoms in total. The Hall–Kier alpha value is -1.84. The van der Waals surface area contributed by atoms with Gasteiger partial charge in [-0.05, 0) is 12.1 Å². The smallest absolute Gasteiger partial charge is 0.248 e. The number of nitrogens with two attached hydrogens (primary N) is 2. The van der Waals surface area contributed by atoms with Gasteiger partial charge in [-0.15, -0.1) is 0 Å². The number of hydrogen-bond acceptors (Lipinski definition) is 2. The number of primary amides is 2. The van der Waals surface area contributed by atoms with E-state index >= 15 is 0 Å². The molecule has 1 aromatic carbocycles. The summed E-state index contributed by atoms with van der Waals surface area (Å²) in [6, 6.07) is 8.76. The van der Waals surface area contributed by atoms with Gasteiger partial charge in [-0.25, -0.2) is 0 Å². The second-order valence-corrected chi connectivity index (χ2v) is 2.34. The highest BCUT2D eigenvalue weighted by Crippen LogP contribution is 1.94. The van der Waals surface area contributed by atoms with E-state index in [9.17, 15) is 9.59 Å². The van der Waals surface area contributed by atoms with Crippen LogP contribution in [0.15, 0.2) is 30.3 Å². The van der Waals surface area contributed by atoms with Crippen molar-refractivity contribution in [1.82, 2.24) is 0 Å². The fourth-order valence-electron chi connectivity index (χ4n) is 0.602. The molecule has 0 atom stereocenters. The predicted octanol–water partition coefficient (Wildman–Crippen LogP) is 2.33. The van der Waals surface area contributed by atoms with E-state index in [1.54, 1.807) is 24.3 Å². The van der Waals surface area contributed by atoms with Crippen molar-refractivity contribution in [3.05, 3.63) is 35.9 Å². The van der Waals surface area contributed by atoms with Crippen molar-refractivity contribution in [2.75, 3.05) is 0 Å². The third-order valence-electron chi connectivity index (χ3n) is 1.06. The molecule has 17 heavy (non-hydrogen) atoms. The minimum atomic E-state index is -0.379. The molecule has 98 valence electrons. The van der Waals surface area contributed by atoms with Gasteiger partial charge < -0.3 is 11.5 Å². The summed E-state index contributed by atoms with van der Waals surface area (Å²) in [7, 11) is 0. The fourth-order valence-corrected chi connectivity index (χ4v) is 0.602. The molecule has 1 aromatic rings. The zero-order valence-corrected chi connectivity index (χ0v) is 11.4. The van der Waals surface area contributed by atoms with Gasteiger partial charge in [-0.2, -0.15) is 0 Å². The maximum Gasteiger partial charge on any atom is 0.248 e. The third kappa shape index (κ3) is 20.3. The highest BCUT2D eigenvalue weighted by atomic mass is 16.1. The van der Waals surface area contributed by atoms with Crippen molar-refractivity contribution in [3.8, 4) is 0 Å². The van der Waals surface area contributed by atoms with E-state index in [2.05, 4.69) is 5.73 Å². The summed E-state index contributed by atoms with van der Waals surface area (Å²) >= 11 is 0. The summed E-state index contributed by atoms with van der Waals surface area (Å²) in [6.07, 6.45) is 0. The second kappa shape index (κ2) is 16.6. The Morgan fingerprint density at radius 3 is 1.35 bits per heavy atom. The molecule has 0 aromatic heterocycles. The minimum Gasteiger partial charge on any atom is -0.370 e. The third-order valence-corrected chi connectivity index (χ3v) is 1.06. The van der Waals surface area contributed by atoms with E-state index in [-0.39, 0.29) is 11.8 Å². The summed E-state index contributed by atoms with van der Waals surface area (Å²) in [5.41, 5.74) is 10.0. The number of rotatable bonds is 1. The first-order valence-corrected chi connectivity index (χ1v) is 5.65. The molecular formula is C13H24N2O2. The second-order valence-electron chi connectivity index (χ2n) is 2.34. The van der Waals surface area contributed by atoms with Crippen molar-refractivity contribution in [3.63, 3.8) is 0 Å². The maximum atomic E-state index is 10.4. The van der Waals surface area contributed by atoms with Crippen LogP contribution in [-0.2, 0) is 4.79 Å². The molecular weight excluding hydrogens is 216 g/mol. The van der Waals surface area contributed by atoms with Crippen LogP contribution in [0.1, 0.15) is 45.0 Å². The van der Waals surface area contributed by atoms with Gasteiger partial charge >= 0.3 is 0 Å². The zero-order valence-electron chi connectivity index (χ0n) is 11.4. The summed E-state index contributed by atoms with van der Waals surface area (Å²) in [4.78, 5) is 19.6. The average molecular weight is 240 g/mol.